The van der Waals surface area contributed by atoms with Crippen LogP contribution in [0.1, 0.15) is 43.7 Å². The van der Waals surface area contributed by atoms with Crippen LogP contribution in [0.2, 0.25) is 0 Å². The van der Waals surface area contributed by atoms with Crippen molar-refractivity contribution in [2.45, 2.75) is 19.3 Å². The topological polar surface area (TPSA) is 26.3 Å². The van der Waals surface area contributed by atoms with Gasteiger partial charge in [0, 0.05) is 0 Å². The SMILES string of the molecule is COC(=O)c1ccccc1-c1ccc2c(c1)C(c1ccc(C)cc1)(c1ccc(C)cc1)c1ccccc1-2. The van der Waals surface area contributed by atoms with Gasteiger partial charge in [0.15, 0.2) is 0 Å². The number of hydrogen-bond acceptors (Lipinski definition) is 2. The first kappa shape index (κ1) is 23.0. The maximum Gasteiger partial charge on any atom is 0.338 e. The predicted molar refractivity (Wildman–Crippen MR) is 150 cm³/mol. The van der Waals surface area contributed by atoms with Gasteiger partial charge in [-0.3, -0.25) is 0 Å². The fraction of sp³-hybridized carbons (Fsp3) is 0.114. The van der Waals surface area contributed by atoms with Gasteiger partial charge in [0.2, 0.25) is 0 Å². The average molecular weight is 481 g/mol. The summed E-state index contributed by atoms with van der Waals surface area (Å²) in [5, 5.41) is 0. The van der Waals surface area contributed by atoms with Crippen molar-refractivity contribution in [1.29, 1.82) is 0 Å². The number of aryl methyl sites for hydroxylation is 2. The summed E-state index contributed by atoms with van der Waals surface area (Å²) in [4.78, 5) is 12.6. The van der Waals surface area contributed by atoms with Gasteiger partial charge < -0.3 is 4.74 Å². The van der Waals surface area contributed by atoms with Crippen molar-refractivity contribution in [2.75, 3.05) is 7.11 Å². The Morgan fingerprint density at radius 2 is 1.14 bits per heavy atom. The van der Waals surface area contributed by atoms with Gasteiger partial charge in [-0.25, -0.2) is 4.79 Å². The number of carbonyl (C=O) groups is 1. The Bertz CT molecular complexity index is 1580. The molecule has 0 amide bonds. The van der Waals surface area contributed by atoms with E-state index in [-0.39, 0.29) is 5.97 Å². The zero-order chi connectivity index (χ0) is 25.6. The van der Waals surface area contributed by atoms with Crippen LogP contribution in [-0.4, -0.2) is 13.1 Å². The monoisotopic (exact) mass is 480 g/mol. The molecular weight excluding hydrogens is 452 g/mol. The molecule has 0 aliphatic heterocycles. The van der Waals surface area contributed by atoms with Crippen LogP contribution in [-0.2, 0) is 10.2 Å². The van der Waals surface area contributed by atoms with E-state index in [1.165, 1.54) is 51.6 Å². The Balaban J connectivity index is 1.71. The zero-order valence-corrected chi connectivity index (χ0v) is 21.3. The Hall–Kier alpha value is -4.43. The summed E-state index contributed by atoms with van der Waals surface area (Å²) >= 11 is 0. The van der Waals surface area contributed by atoms with E-state index in [4.69, 9.17) is 4.74 Å². The highest BCUT2D eigenvalue weighted by molar-refractivity contribution is 5.98. The maximum atomic E-state index is 12.6. The minimum absolute atomic E-state index is 0.331. The highest BCUT2D eigenvalue weighted by Crippen LogP contribution is 2.56. The van der Waals surface area contributed by atoms with Gasteiger partial charge in [0.1, 0.15) is 0 Å². The van der Waals surface area contributed by atoms with Gasteiger partial charge in [0.25, 0.3) is 0 Å². The van der Waals surface area contributed by atoms with Crippen LogP contribution >= 0.6 is 0 Å². The molecule has 0 atom stereocenters. The molecule has 0 unspecified atom stereocenters. The number of methoxy groups -OCH3 is 1. The van der Waals surface area contributed by atoms with Crippen molar-refractivity contribution in [3.05, 3.63) is 154 Å². The minimum atomic E-state index is -0.483. The molecule has 0 N–H and O–H groups in total. The standard InChI is InChI=1S/C35H28O2/c1-23-12-17-26(18-13-23)35(27-19-14-24(2)15-20-27)32-11-7-6-9-29(32)30-21-16-25(22-33(30)35)28-8-4-5-10-31(28)34(36)37-3/h4-22H,1-3H3. The lowest BCUT2D eigenvalue weighted by molar-refractivity contribution is 0.0601. The second kappa shape index (κ2) is 8.90. The molecule has 0 saturated carbocycles. The van der Waals surface area contributed by atoms with E-state index in [0.717, 1.165) is 11.1 Å². The van der Waals surface area contributed by atoms with Crippen LogP contribution in [0.4, 0.5) is 0 Å². The summed E-state index contributed by atoms with van der Waals surface area (Å²) in [6.07, 6.45) is 0. The van der Waals surface area contributed by atoms with Crippen molar-refractivity contribution < 1.29 is 9.53 Å². The molecule has 0 spiro atoms. The number of esters is 1. The molecule has 0 heterocycles. The van der Waals surface area contributed by atoms with Crippen LogP contribution in [0.3, 0.4) is 0 Å². The second-order valence-electron chi connectivity index (χ2n) is 9.83. The summed E-state index contributed by atoms with van der Waals surface area (Å²) in [7, 11) is 1.43. The van der Waals surface area contributed by atoms with E-state index in [2.05, 4.69) is 105 Å². The molecule has 0 saturated heterocycles. The smallest absolute Gasteiger partial charge is 0.338 e. The van der Waals surface area contributed by atoms with Crippen molar-refractivity contribution in [3.8, 4) is 22.3 Å². The first-order valence-corrected chi connectivity index (χ1v) is 12.6. The second-order valence-corrected chi connectivity index (χ2v) is 9.83. The van der Waals surface area contributed by atoms with E-state index in [0.29, 0.717) is 5.56 Å². The Kier molecular flexibility index (Phi) is 5.53. The number of carbonyl (C=O) groups excluding carboxylic acids is 1. The van der Waals surface area contributed by atoms with Gasteiger partial charge in [0.05, 0.1) is 18.1 Å². The molecule has 1 aliphatic rings. The van der Waals surface area contributed by atoms with E-state index in [1.807, 2.05) is 24.3 Å². The number of benzene rings is 5. The fourth-order valence-electron chi connectivity index (χ4n) is 5.87. The molecule has 5 aromatic rings. The molecule has 37 heavy (non-hydrogen) atoms. The maximum absolute atomic E-state index is 12.6. The van der Waals surface area contributed by atoms with Crippen LogP contribution < -0.4 is 0 Å². The van der Waals surface area contributed by atoms with Crippen molar-refractivity contribution in [1.82, 2.24) is 0 Å². The predicted octanol–water partition coefficient (Wildman–Crippen LogP) is 8.12. The molecule has 5 aromatic carbocycles. The summed E-state index contributed by atoms with van der Waals surface area (Å²) < 4.78 is 5.10. The number of rotatable bonds is 4. The third kappa shape index (κ3) is 3.52. The first-order valence-electron chi connectivity index (χ1n) is 12.6. The summed E-state index contributed by atoms with van der Waals surface area (Å²) in [5.74, 6) is -0.331. The summed E-state index contributed by atoms with van der Waals surface area (Å²) in [6, 6.07) is 40.8. The largest absolute Gasteiger partial charge is 0.465 e. The van der Waals surface area contributed by atoms with Crippen LogP contribution in [0.25, 0.3) is 22.3 Å². The lowest BCUT2D eigenvalue weighted by Crippen LogP contribution is -2.28. The van der Waals surface area contributed by atoms with Gasteiger partial charge in [-0.05, 0) is 70.5 Å². The average Bonchev–Trinajstić information content (AvgIpc) is 3.24. The number of fused-ring (bicyclic) bond motifs is 3. The Morgan fingerprint density at radius 1 is 0.595 bits per heavy atom. The molecule has 180 valence electrons. The first-order chi connectivity index (χ1) is 18.0. The van der Waals surface area contributed by atoms with E-state index >= 15 is 0 Å². The minimum Gasteiger partial charge on any atom is -0.465 e. The highest BCUT2D eigenvalue weighted by atomic mass is 16.5. The van der Waals surface area contributed by atoms with Gasteiger partial charge >= 0.3 is 5.97 Å². The lowest BCUT2D eigenvalue weighted by atomic mass is 9.67. The van der Waals surface area contributed by atoms with Crippen LogP contribution in [0.15, 0.2) is 115 Å². The molecule has 1 aliphatic carbocycles. The third-order valence-electron chi connectivity index (χ3n) is 7.66. The zero-order valence-electron chi connectivity index (χ0n) is 21.3. The molecule has 2 heteroatoms. The van der Waals surface area contributed by atoms with E-state index in [1.54, 1.807) is 0 Å². The van der Waals surface area contributed by atoms with Gasteiger partial charge in [-0.15, -0.1) is 0 Å². The van der Waals surface area contributed by atoms with Gasteiger partial charge in [-0.1, -0.05) is 114 Å². The molecule has 0 radical (unpaired) electrons. The molecule has 0 aromatic heterocycles. The van der Waals surface area contributed by atoms with Crippen LogP contribution in [0.5, 0.6) is 0 Å². The van der Waals surface area contributed by atoms with Crippen LogP contribution in [0, 0.1) is 13.8 Å². The molecule has 2 nitrogen and oxygen atoms in total. The number of hydrogen-bond donors (Lipinski definition) is 0. The fourth-order valence-corrected chi connectivity index (χ4v) is 5.87. The van der Waals surface area contributed by atoms with Gasteiger partial charge in [-0.2, -0.15) is 0 Å². The van der Waals surface area contributed by atoms with Crippen molar-refractivity contribution in [2.24, 2.45) is 0 Å². The Morgan fingerprint density at radius 3 is 1.76 bits per heavy atom. The van der Waals surface area contributed by atoms with Crippen molar-refractivity contribution in [3.63, 3.8) is 0 Å². The third-order valence-corrected chi connectivity index (χ3v) is 7.66. The number of ether oxygens (including phenoxy) is 1. The highest BCUT2D eigenvalue weighted by Gasteiger charge is 2.46. The van der Waals surface area contributed by atoms with Crippen molar-refractivity contribution >= 4 is 5.97 Å². The summed E-state index contributed by atoms with van der Waals surface area (Å²) in [6.45, 7) is 4.25. The van der Waals surface area contributed by atoms with E-state index in [9.17, 15) is 4.79 Å². The molecule has 6 rings (SSSR count). The van der Waals surface area contributed by atoms with E-state index < -0.39 is 5.41 Å². The molecule has 0 fully saturated rings. The Labute approximate surface area is 218 Å². The normalized spacial score (nSPS) is 13.1. The molecule has 0 bridgehead atoms. The molecular formula is C35H28O2. The summed E-state index contributed by atoms with van der Waals surface area (Å²) in [5.41, 5.74) is 11.8. The quantitative estimate of drug-likeness (QED) is 0.238. The lowest BCUT2D eigenvalue weighted by Gasteiger charge is -2.34.